The number of hydrogen-bond donors (Lipinski definition) is 0. The maximum absolute atomic E-state index is 11.3. The van der Waals surface area contributed by atoms with E-state index in [4.69, 9.17) is 5.26 Å². The Balaban J connectivity index is 3.35. The van der Waals surface area contributed by atoms with Crippen LogP contribution in [0.4, 0.5) is 0 Å². The van der Waals surface area contributed by atoms with Crippen molar-refractivity contribution in [3.63, 3.8) is 0 Å². The molecule has 12 heavy (non-hydrogen) atoms. The van der Waals surface area contributed by atoms with Gasteiger partial charge in [-0.15, -0.1) is 0 Å². The van der Waals surface area contributed by atoms with Crippen LogP contribution in [0.5, 0.6) is 0 Å². The molecule has 0 atom stereocenters. The number of aryl methyl sites for hydroxylation is 1. The molecule has 0 aromatic carbocycles. The molecule has 0 aliphatic rings. The van der Waals surface area contributed by atoms with E-state index >= 15 is 0 Å². The van der Waals surface area contributed by atoms with E-state index in [1.807, 2.05) is 6.07 Å². The van der Waals surface area contributed by atoms with Gasteiger partial charge in [0, 0.05) is 6.20 Å². The van der Waals surface area contributed by atoms with Gasteiger partial charge in [0.15, 0.2) is 0 Å². The average molecular weight is 228 g/mol. The van der Waals surface area contributed by atoms with Gasteiger partial charge >= 0.3 is 0 Å². The molecule has 5 heteroatoms. The smallest absolute Gasteiger partial charge is 0.268 e. The second-order valence-corrected chi connectivity index (χ2v) is 3.06. The third kappa shape index (κ3) is 1.53. The maximum atomic E-state index is 11.3. The third-order valence-corrected chi connectivity index (χ3v) is 1.98. The molecule has 0 radical (unpaired) electrons. The molecule has 0 bridgehead atoms. The molecule has 0 aliphatic carbocycles. The van der Waals surface area contributed by atoms with Crippen molar-refractivity contribution in [2.24, 2.45) is 0 Å². The Kier molecular flexibility index (Phi) is 2.61. The fraction of sp³-hybridized carbons (Fsp3) is 0.286. The second kappa shape index (κ2) is 3.50. The van der Waals surface area contributed by atoms with Crippen molar-refractivity contribution < 1.29 is 0 Å². The number of nitriles is 1. The summed E-state index contributed by atoms with van der Waals surface area (Å²) >= 11 is 3.04. The van der Waals surface area contributed by atoms with Gasteiger partial charge < -0.3 is 0 Å². The molecule has 0 spiro atoms. The van der Waals surface area contributed by atoms with Crippen molar-refractivity contribution in [2.45, 2.75) is 13.5 Å². The lowest BCUT2D eigenvalue weighted by atomic mass is 10.5. The van der Waals surface area contributed by atoms with Crippen molar-refractivity contribution in [3.8, 4) is 6.07 Å². The van der Waals surface area contributed by atoms with Gasteiger partial charge in [-0.1, -0.05) is 0 Å². The highest BCUT2D eigenvalue weighted by Crippen LogP contribution is 2.00. The van der Waals surface area contributed by atoms with Crippen LogP contribution in [0.1, 0.15) is 5.82 Å². The van der Waals surface area contributed by atoms with E-state index in [9.17, 15) is 4.79 Å². The van der Waals surface area contributed by atoms with E-state index < -0.39 is 0 Å². The van der Waals surface area contributed by atoms with Gasteiger partial charge in [-0.2, -0.15) is 5.26 Å². The predicted molar refractivity (Wildman–Crippen MR) is 46.5 cm³/mol. The molecule has 1 heterocycles. The molecule has 1 rings (SSSR count). The molecule has 0 N–H and O–H groups in total. The minimum Gasteiger partial charge on any atom is -0.282 e. The van der Waals surface area contributed by atoms with Crippen molar-refractivity contribution in [3.05, 3.63) is 26.8 Å². The van der Waals surface area contributed by atoms with Crippen LogP contribution in [-0.2, 0) is 6.54 Å². The molecule has 0 fully saturated rings. The van der Waals surface area contributed by atoms with E-state index in [1.54, 1.807) is 6.92 Å². The first-order chi connectivity index (χ1) is 5.66. The van der Waals surface area contributed by atoms with E-state index in [0.29, 0.717) is 10.3 Å². The fourth-order valence-electron chi connectivity index (χ4n) is 0.808. The molecule has 1 aromatic rings. The van der Waals surface area contributed by atoms with Crippen LogP contribution < -0.4 is 5.56 Å². The Morgan fingerprint density at radius 3 is 3.08 bits per heavy atom. The molecule has 0 aliphatic heterocycles. The summed E-state index contributed by atoms with van der Waals surface area (Å²) in [5, 5.41) is 8.41. The molecule has 0 saturated heterocycles. The number of halogens is 1. The van der Waals surface area contributed by atoms with Crippen molar-refractivity contribution in [1.29, 1.82) is 5.26 Å². The molecule has 0 unspecified atom stereocenters. The number of hydrogen-bond acceptors (Lipinski definition) is 3. The fourth-order valence-corrected chi connectivity index (χ4v) is 1.12. The first-order valence-electron chi connectivity index (χ1n) is 3.25. The highest BCUT2D eigenvalue weighted by Gasteiger charge is 2.03. The monoisotopic (exact) mass is 227 g/mol. The van der Waals surface area contributed by atoms with E-state index in [1.165, 1.54) is 10.8 Å². The zero-order valence-electron chi connectivity index (χ0n) is 6.41. The first kappa shape index (κ1) is 8.94. The minimum atomic E-state index is -0.218. The Morgan fingerprint density at radius 1 is 1.83 bits per heavy atom. The maximum Gasteiger partial charge on any atom is 0.268 e. The van der Waals surface area contributed by atoms with E-state index in [2.05, 4.69) is 20.9 Å². The van der Waals surface area contributed by atoms with Gasteiger partial charge in [0.2, 0.25) is 0 Å². The lowest BCUT2D eigenvalue weighted by Crippen LogP contribution is -2.23. The van der Waals surface area contributed by atoms with Crippen molar-refractivity contribution >= 4 is 15.9 Å². The van der Waals surface area contributed by atoms with Gasteiger partial charge in [0.05, 0.1) is 6.07 Å². The first-order valence-corrected chi connectivity index (χ1v) is 4.05. The Labute approximate surface area is 77.6 Å². The molecule has 4 nitrogen and oxygen atoms in total. The highest BCUT2D eigenvalue weighted by atomic mass is 79.9. The van der Waals surface area contributed by atoms with E-state index in [-0.39, 0.29) is 12.1 Å². The normalized spacial score (nSPS) is 9.42. The summed E-state index contributed by atoms with van der Waals surface area (Å²) in [6.07, 6.45) is 1.44. The predicted octanol–water partition coefficient (Wildman–Crippen LogP) is 0.838. The largest absolute Gasteiger partial charge is 0.282 e. The SMILES string of the molecule is Cc1ncc(Br)c(=O)n1CC#N. The zero-order chi connectivity index (χ0) is 9.14. The quantitative estimate of drug-likeness (QED) is 0.715. The van der Waals surface area contributed by atoms with Gasteiger partial charge in [-0.3, -0.25) is 9.36 Å². The third-order valence-electron chi connectivity index (χ3n) is 1.43. The summed E-state index contributed by atoms with van der Waals surface area (Å²) in [6, 6.07) is 1.90. The van der Waals surface area contributed by atoms with Gasteiger partial charge in [-0.05, 0) is 22.9 Å². The standard InChI is InChI=1S/C7H6BrN3O/c1-5-10-4-6(8)7(12)11(5)3-2-9/h4H,3H2,1H3. The van der Waals surface area contributed by atoms with Crippen LogP contribution in [0.2, 0.25) is 0 Å². The number of nitrogens with zero attached hydrogens (tertiary/aromatic N) is 3. The molecule has 62 valence electrons. The van der Waals surface area contributed by atoms with Gasteiger partial charge in [0.1, 0.15) is 16.8 Å². The van der Waals surface area contributed by atoms with Gasteiger partial charge in [-0.25, -0.2) is 4.98 Å². The summed E-state index contributed by atoms with van der Waals surface area (Å²) in [4.78, 5) is 15.2. The molecular weight excluding hydrogens is 222 g/mol. The van der Waals surface area contributed by atoms with Crippen LogP contribution in [0.15, 0.2) is 15.5 Å². The van der Waals surface area contributed by atoms with Crippen LogP contribution in [0.3, 0.4) is 0 Å². The Morgan fingerprint density at radius 2 is 2.50 bits per heavy atom. The zero-order valence-corrected chi connectivity index (χ0v) is 8.00. The van der Waals surface area contributed by atoms with Crippen LogP contribution in [0, 0.1) is 18.3 Å². The average Bonchev–Trinajstić information content (AvgIpc) is 2.06. The van der Waals surface area contributed by atoms with Crippen molar-refractivity contribution in [2.75, 3.05) is 0 Å². The molecule has 1 aromatic heterocycles. The van der Waals surface area contributed by atoms with Crippen LogP contribution in [0.25, 0.3) is 0 Å². The van der Waals surface area contributed by atoms with Gasteiger partial charge in [0.25, 0.3) is 5.56 Å². The lowest BCUT2D eigenvalue weighted by Gasteiger charge is -2.03. The summed E-state index contributed by atoms with van der Waals surface area (Å²) in [6.45, 7) is 1.72. The number of aromatic nitrogens is 2. The summed E-state index contributed by atoms with van der Waals surface area (Å²) < 4.78 is 1.69. The van der Waals surface area contributed by atoms with Crippen LogP contribution in [-0.4, -0.2) is 9.55 Å². The minimum absolute atomic E-state index is 0.0388. The van der Waals surface area contributed by atoms with Crippen molar-refractivity contribution in [1.82, 2.24) is 9.55 Å². The molecule has 0 saturated carbocycles. The summed E-state index contributed by atoms with van der Waals surface area (Å²) in [7, 11) is 0. The second-order valence-electron chi connectivity index (χ2n) is 2.20. The lowest BCUT2D eigenvalue weighted by molar-refractivity contribution is 0.716. The highest BCUT2D eigenvalue weighted by molar-refractivity contribution is 9.10. The molecule has 0 amide bonds. The Bertz CT molecular complexity index is 391. The summed E-state index contributed by atoms with van der Waals surface area (Å²) in [5.41, 5.74) is -0.218. The number of rotatable bonds is 1. The Hall–Kier alpha value is -1.15. The van der Waals surface area contributed by atoms with E-state index in [0.717, 1.165) is 0 Å². The van der Waals surface area contributed by atoms with Crippen LogP contribution >= 0.6 is 15.9 Å². The summed E-state index contributed by atoms with van der Waals surface area (Å²) in [5.74, 6) is 0.546. The topological polar surface area (TPSA) is 58.7 Å². The molecular formula is C7H6BrN3O.